The minimum Gasteiger partial charge on any atom is -0.394 e. The second-order valence-corrected chi connectivity index (χ2v) is 5.44. The first-order valence-electron chi connectivity index (χ1n) is 8.80. The molecule has 0 radical (unpaired) electrons. The van der Waals surface area contributed by atoms with Gasteiger partial charge in [-0.1, -0.05) is 20.3 Å². The molecule has 0 heterocycles. The van der Waals surface area contributed by atoms with Crippen LogP contribution in [0.5, 0.6) is 0 Å². The van der Waals surface area contributed by atoms with E-state index < -0.39 is 0 Å². The lowest BCUT2D eigenvalue weighted by Crippen LogP contribution is -2.13. The zero-order valence-electron chi connectivity index (χ0n) is 15.0. The fourth-order valence-electron chi connectivity index (χ4n) is 1.78. The zero-order valence-corrected chi connectivity index (χ0v) is 15.0. The molecule has 0 aromatic heterocycles. The lowest BCUT2D eigenvalue weighted by Gasteiger charge is -2.09. The maximum Gasteiger partial charge on any atom is 0.0701 e. The molecule has 0 aromatic carbocycles. The number of rotatable bonds is 19. The largest absolute Gasteiger partial charge is 0.394 e. The van der Waals surface area contributed by atoms with Crippen molar-refractivity contribution in [3.8, 4) is 0 Å². The molecule has 0 spiro atoms. The van der Waals surface area contributed by atoms with Gasteiger partial charge in [0.15, 0.2) is 0 Å². The van der Waals surface area contributed by atoms with Gasteiger partial charge in [0.25, 0.3) is 0 Å². The number of hydrogen-bond donors (Lipinski definition) is 1. The lowest BCUT2D eigenvalue weighted by atomic mass is 10.0. The predicted octanol–water partition coefficient (Wildman–Crippen LogP) is 1.89. The summed E-state index contributed by atoms with van der Waals surface area (Å²) in [5.74, 6) is 0.795. The van der Waals surface area contributed by atoms with Crippen molar-refractivity contribution in [2.45, 2.75) is 33.1 Å². The predicted molar refractivity (Wildman–Crippen MR) is 89.9 cm³/mol. The number of hydrogen-bond acceptors (Lipinski definition) is 6. The van der Waals surface area contributed by atoms with Gasteiger partial charge in [-0.3, -0.25) is 0 Å². The molecule has 6 heteroatoms. The second-order valence-electron chi connectivity index (χ2n) is 5.44. The van der Waals surface area contributed by atoms with Crippen LogP contribution in [0, 0.1) is 5.92 Å². The van der Waals surface area contributed by atoms with Gasteiger partial charge in [0.05, 0.1) is 66.1 Å². The molecule has 1 unspecified atom stereocenters. The number of ether oxygens (including phenoxy) is 5. The Morgan fingerprint density at radius 1 is 0.652 bits per heavy atom. The molecule has 0 fully saturated rings. The molecule has 1 N–H and O–H groups in total. The maximum absolute atomic E-state index is 8.51. The minimum absolute atomic E-state index is 0.0478. The van der Waals surface area contributed by atoms with Gasteiger partial charge in [-0.2, -0.15) is 0 Å². The van der Waals surface area contributed by atoms with Crippen LogP contribution in [-0.4, -0.2) is 77.8 Å². The average Bonchev–Trinajstić information content (AvgIpc) is 2.57. The van der Waals surface area contributed by atoms with Crippen molar-refractivity contribution in [1.29, 1.82) is 0 Å². The Morgan fingerprint density at radius 3 is 1.43 bits per heavy atom. The molecule has 0 aliphatic carbocycles. The van der Waals surface area contributed by atoms with E-state index >= 15 is 0 Å². The first kappa shape index (κ1) is 22.8. The van der Waals surface area contributed by atoms with E-state index in [-0.39, 0.29) is 6.61 Å². The lowest BCUT2D eigenvalue weighted by molar-refractivity contribution is -0.0135. The summed E-state index contributed by atoms with van der Waals surface area (Å²) in [5.41, 5.74) is 0. The normalized spacial score (nSPS) is 12.7. The fourth-order valence-corrected chi connectivity index (χ4v) is 1.78. The van der Waals surface area contributed by atoms with E-state index in [0.29, 0.717) is 59.5 Å². The highest BCUT2D eigenvalue weighted by Gasteiger charge is 1.98. The topological polar surface area (TPSA) is 66.4 Å². The van der Waals surface area contributed by atoms with E-state index in [1.54, 1.807) is 0 Å². The Kier molecular flexibility index (Phi) is 19.6. The highest BCUT2D eigenvalue weighted by atomic mass is 16.6. The molecule has 0 rings (SSSR count). The van der Waals surface area contributed by atoms with E-state index in [9.17, 15) is 0 Å². The van der Waals surface area contributed by atoms with Crippen LogP contribution in [0.3, 0.4) is 0 Å². The van der Waals surface area contributed by atoms with Crippen LogP contribution in [0.15, 0.2) is 0 Å². The van der Waals surface area contributed by atoms with Gasteiger partial charge in [0.1, 0.15) is 0 Å². The summed E-state index contributed by atoms with van der Waals surface area (Å²) in [7, 11) is 0. The molecule has 23 heavy (non-hydrogen) atoms. The monoisotopic (exact) mass is 336 g/mol. The molecule has 140 valence electrons. The van der Waals surface area contributed by atoms with Crippen molar-refractivity contribution in [2.75, 3.05) is 72.7 Å². The molecular formula is C17H36O6. The third kappa shape index (κ3) is 19.7. The first-order chi connectivity index (χ1) is 11.3. The Labute approximate surface area is 141 Å². The van der Waals surface area contributed by atoms with Crippen molar-refractivity contribution in [2.24, 2.45) is 5.92 Å². The van der Waals surface area contributed by atoms with Crippen LogP contribution in [0.1, 0.15) is 33.1 Å². The first-order valence-corrected chi connectivity index (χ1v) is 8.80. The standard InChI is InChI=1S/C17H36O6/c1-3-17(2)5-4-7-19-9-11-21-13-15-23-16-14-22-12-10-20-8-6-18/h17-18H,3-16H2,1-2H3. The highest BCUT2D eigenvalue weighted by Crippen LogP contribution is 2.08. The summed E-state index contributed by atoms with van der Waals surface area (Å²) in [6.07, 6.45) is 3.61. The van der Waals surface area contributed by atoms with E-state index in [1.165, 1.54) is 12.8 Å². The van der Waals surface area contributed by atoms with Crippen LogP contribution in [0.4, 0.5) is 0 Å². The zero-order chi connectivity index (χ0) is 17.0. The van der Waals surface area contributed by atoms with Gasteiger partial charge < -0.3 is 28.8 Å². The van der Waals surface area contributed by atoms with Crippen LogP contribution in [0.2, 0.25) is 0 Å². The van der Waals surface area contributed by atoms with E-state index in [0.717, 1.165) is 18.9 Å². The minimum atomic E-state index is 0.0478. The van der Waals surface area contributed by atoms with E-state index in [1.807, 2.05) is 0 Å². The average molecular weight is 336 g/mol. The Hall–Kier alpha value is -0.240. The molecule has 0 aliphatic heterocycles. The van der Waals surface area contributed by atoms with Crippen LogP contribution >= 0.6 is 0 Å². The molecule has 0 amide bonds. The summed E-state index contributed by atoms with van der Waals surface area (Å²) in [6.45, 7) is 10.3. The van der Waals surface area contributed by atoms with Crippen LogP contribution in [0.25, 0.3) is 0 Å². The highest BCUT2D eigenvalue weighted by molar-refractivity contribution is 4.49. The summed E-state index contributed by atoms with van der Waals surface area (Å²) in [6, 6.07) is 0. The van der Waals surface area contributed by atoms with Crippen molar-refractivity contribution in [1.82, 2.24) is 0 Å². The third-order valence-corrected chi connectivity index (χ3v) is 3.41. The van der Waals surface area contributed by atoms with Crippen LogP contribution < -0.4 is 0 Å². The van der Waals surface area contributed by atoms with E-state index in [4.69, 9.17) is 28.8 Å². The quantitative estimate of drug-likeness (QED) is 0.363. The summed E-state index contributed by atoms with van der Waals surface area (Å²) >= 11 is 0. The second kappa shape index (κ2) is 19.8. The molecule has 0 saturated heterocycles. The Balaban J connectivity index is 2.97. The Bertz CT molecular complexity index is 215. The summed E-state index contributed by atoms with van der Waals surface area (Å²) < 4.78 is 26.7. The van der Waals surface area contributed by atoms with Gasteiger partial charge >= 0.3 is 0 Å². The maximum atomic E-state index is 8.51. The third-order valence-electron chi connectivity index (χ3n) is 3.41. The summed E-state index contributed by atoms with van der Waals surface area (Å²) in [5, 5.41) is 8.51. The van der Waals surface area contributed by atoms with Gasteiger partial charge in [-0.05, 0) is 18.8 Å². The van der Waals surface area contributed by atoms with E-state index in [2.05, 4.69) is 13.8 Å². The molecule has 1 atom stereocenters. The smallest absolute Gasteiger partial charge is 0.0701 e. The molecule has 0 aromatic rings. The molecule has 0 saturated carbocycles. The fraction of sp³-hybridized carbons (Fsp3) is 1.00. The van der Waals surface area contributed by atoms with Crippen molar-refractivity contribution in [3.63, 3.8) is 0 Å². The van der Waals surface area contributed by atoms with Gasteiger partial charge in [-0.25, -0.2) is 0 Å². The van der Waals surface area contributed by atoms with Gasteiger partial charge in [0.2, 0.25) is 0 Å². The van der Waals surface area contributed by atoms with Crippen LogP contribution in [-0.2, 0) is 23.7 Å². The van der Waals surface area contributed by atoms with Crippen molar-refractivity contribution in [3.05, 3.63) is 0 Å². The molecule has 6 nitrogen and oxygen atoms in total. The number of aliphatic hydroxyl groups is 1. The van der Waals surface area contributed by atoms with Crippen molar-refractivity contribution >= 4 is 0 Å². The van der Waals surface area contributed by atoms with Gasteiger partial charge in [-0.15, -0.1) is 0 Å². The SMILES string of the molecule is CCC(C)CCCOCCOCCOCCOCCOCCO. The Morgan fingerprint density at radius 2 is 1.04 bits per heavy atom. The van der Waals surface area contributed by atoms with Gasteiger partial charge in [0, 0.05) is 6.61 Å². The molecular weight excluding hydrogens is 300 g/mol. The molecule has 0 aliphatic rings. The molecule has 0 bridgehead atoms. The number of aliphatic hydroxyl groups excluding tert-OH is 1. The van der Waals surface area contributed by atoms with Crippen molar-refractivity contribution < 1.29 is 28.8 Å². The summed E-state index contributed by atoms with van der Waals surface area (Å²) in [4.78, 5) is 0.